The van der Waals surface area contributed by atoms with Crippen molar-refractivity contribution >= 4 is 5.97 Å². The second-order valence-electron chi connectivity index (χ2n) is 12.6. The predicted octanol–water partition coefficient (Wildman–Crippen LogP) is 1.86. The van der Waals surface area contributed by atoms with Gasteiger partial charge in [-0.3, -0.25) is 4.79 Å². The van der Waals surface area contributed by atoms with Gasteiger partial charge >= 0.3 is 5.97 Å². The van der Waals surface area contributed by atoms with Gasteiger partial charge in [-0.25, -0.2) is 0 Å². The summed E-state index contributed by atoms with van der Waals surface area (Å²) in [4.78, 5) is 12.8. The second-order valence-corrected chi connectivity index (χ2v) is 12.6. The molecule has 200 valence electrons. The number of carbonyl (C=O) groups is 1. The SMILES string of the molecule is COC(=O)[C@]1(C)CCC[C@@]2(C)C3CC[C@H]4[C@@H](CO[C@H]5O[C@H](CO)[C@@H](O)[C@H](O)[C@H]5O)C[C@H]4C3CCC21. The van der Waals surface area contributed by atoms with Gasteiger partial charge in [-0.1, -0.05) is 13.3 Å². The van der Waals surface area contributed by atoms with E-state index in [1.807, 2.05) is 0 Å². The average Bonchev–Trinajstić information content (AvgIpc) is 2.83. The minimum absolute atomic E-state index is 0.0328. The molecular formula is C27H44O8. The summed E-state index contributed by atoms with van der Waals surface area (Å²) in [6.07, 6.45) is 2.84. The number of aliphatic hydroxyl groups excluding tert-OH is 4. The molecule has 3 unspecified atom stereocenters. The van der Waals surface area contributed by atoms with E-state index in [0.29, 0.717) is 42.1 Å². The molecule has 0 amide bonds. The van der Waals surface area contributed by atoms with Gasteiger partial charge in [-0.05, 0) is 92.8 Å². The standard InChI is InChI=1S/C27H44O8/c1-26-9-4-10-27(2,25(32)33-3)20(26)8-6-16-17-11-14(15(17)5-7-18(16)26)13-34-24-23(31)22(30)21(29)19(12-28)35-24/h14-24,28-31H,4-13H2,1-3H3/t14-,15+,16?,17-,18?,19-,20?,21-,22+,23-,24+,26+,27-/m1/s1. The van der Waals surface area contributed by atoms with Crippen molar-refractivity contribution in [2.45, 2.75) is 95.9 Å². The number of fused-ring (bicyclic) bond motifs is 5. The molecule has 13 atom stereocenters. The van der Waals surface area contributed by atoms with Crippen LogP contribution in [0.5, 0.6) is 0 Å². The van der Waals surface area contributed by atoms with Crippen LogP contribution in [-0.2, 0) is 19.0 Å². The number of carbonyl (C=O) groups excluding carboxylic acids is 1. The fourth-order valence-corrected chi connectivity index (χ4v) is 9.37. The molecule has 35 heavy (non-hydrogen) atoms. The first kappa shape index (κ1) is 25.9. The predicted molar refractivity (Wildman–Crippen MR) is 126 cm³/mol. The van der Waals surface area contributed by atoms with Gasteiger partial charge in [0.05, 0.1) is 25.7 Å². The zero-order valence-electron chi connectivity index (χ0n) is 21.3. The van der Waals surface area contributed by atoms with Crippen molar-refractivity contribution in [1.82, 2.24) is 0 Å². The van der Waals surface area contributed by atoms with E-state index in [9.17, 15) is 25.2 Å². The molecule has 4 N–H and O–H groups in total. The van der Waals surface area contributed by atoms with E-state index in [1.54, 1.807) is 0 Å². The average molecular weight is 497 g/mol. The Morgan fingerprint density at radius 2 is 1.71 bits per heavy atom. The summed E-state index contributed by atoms with van der Waals surface area (Å²) in [7, 11) is 1.52. The summed E-state index contributed by atoms with van der Waals surface area (Å²) < 4.78 is 16.7. The Morgan fingerprint density at radius 3 is 2.43 bits per heavy atom. The number of hydrogen-bond acceptors (Lipinski definition) is 8. The zero-order chi connectivity index (χ0) is 25.1. The van der Waals surface area contributed by atoms with E-state index in [-0.39, 0.29) is 16.8 Å². The van der Waals surface area contributed by atoms with Crippen LogP contribution in [0.3, 0.4) is 0 Å². The van der Waals surface area contributed by atoms with Gasteiger partial charge in [0.1, 0.15) is 24.4 Å². The quantitative estimate of drug-likeness (QED) is 0.425. The lowest BCUT2D eigenvalue weighted by molar-refractivity contribution is -0.307. The zero-order valence-corrected chi connectivity index (χ0v) is 21.3. The molecule has 0 aromatic rings. The minimum atomic E-state index is -1.41. The fourth-order valence-electron chi connectivity index (χ4n) is 9.37. The summed E-state index contributed by atoms with van der Waals surface area (Å²) in [5.41, 5.74) is -0.183. The molecule has 8 heteroatoms. The highest BCUT2D eigenvalue weighted by Gasteiger charge is 2.63. The van der Waals surface area contributed by atoms with Crippen LogP contribution < -0.4 is 0 Å². The van der Waals surface area contributed by atoms with Crippen LogP contribution in [0.15, 0.2) is 0 Å². The van der Waals surface area contributed by atoms with E-state index in [2.05, 4.69) is 13.8 Å². The molecule has 1 aliphatic heterocycles. The normalized spacial score (nSPS) is 53.5. The van der Waals surface area contributed by atoms with E-state index in [1.165, 1.54) is 26.4 Å². The highest BCUT2D eigenvalue weighted by molar-refractivity contribution is 5.77. The molecule has 0 bridgehead atoms. The number of hydrogen-bond donors (Lipinski definition) is 4. The highest BCUT2D eigenvalue weighted by Crippen LogP contribution is 2.68. The van der Waals surface area contributed by atoms with E-state index >= 15 is 0 Å². The Labute approximate surface area is 208 Å². The van der Waals surface area contributed by atoms with Crippen LogP contribution in [0.4, 0.5) is 0 Å². The second kappa shape index (κ2) is 9.52. The third-order valence-corrected chi connectivity index (χ3v) is 11.2. The van der Waals surface area contributed by atoms with E-state index in [0.717, 1.165) is 32.1 Å². The van der Waals surface area contributed by atoms with Crippen molar-refractivity contribution < 1.29 is 39.4 Å². The molecule has 0 radical (unpaired) electrons. The number of esters is 1. The fraction of sp³-hybridized carbons (Fsp3) is 0.963. The van der Waals surface area contributed by atoms with Crippen LogP contribution in [0, 0.1) is 46.3 Å². The van der Waals surface area contributed by atoms with Crippen LogP contribution in [0.25, 0.3) is 0 Å². The van der Waals surface area contributed by atoms with E-state index < -0.39 is 37.3 Å². The van der Waals surface area contributed by atoms with Gasteiger partial charge in [0, 0.05) is 0 Å². The summed E-state index contributed by atoms with van der Waals surface area (Å²) >= 11 is 0. The molecule has 1 heterocycles. The minimum Gasteiger partial charge on any atom is -0.469 e. The smallest absolute Gasteiger partial charge is 0.311 e. The Balaban J connectivity index is 1.21. The first-order chi connectivity index (χ1) is 16.7. The van der Waals surface area contributed by atoms with Crippen molar-refractivity contribution in [1.29, 1.82) is 0 Å². The first-order valence-corrected chi connectivity index (χ1v) is 13.7. The monoisotopic (exact) mass is 496 g/mol. The third-order valence-electron chi connectivity index (χ3n) is 11.2. The maximum atomic E-state index is 12.8. The molecule has 5 fully saturated rings. The Bertz CT molecular complexity index is 789. The number of aliphatic hydroxyl groups is 4. The van der Waals surface area contributed by atoms with Gasteiger partial charge in [-0.15, -0.1) is 0 Å². The van der Waals surface area contributed by atoms with Gasteiger partial charge < -0.3 is 34.6 Å². The number of methoxy groups -OCH3 is 1. The lowest BCUT2D eigenvalue weighted by atomic mass is 9.39. The molecule has 1 saturated heterocycles. The maximum Gasteiger partial charge on any atom is 0.311 e. The van der Waals surface area contributed by atoms with Crippen LogP contribution >= 0.6 is 0 Å². The van der Waals surface area contributed by atoms with Gasteiger partial charge in [0.2, 0.25) is 0 Å². The van der Waals surface area contributed by atoms with Crippen LogP contribution in [0.1, 0.15) is 65.2 Å². The molecule has 5 aliphatic rings. The number of rotatable bonds is 5. The van der Waals surface area contributed by atoms with Crippen molar-refractivity contribution in [3.05, 3.63) is 0 Å². The molecule has 4 aliphatic carbocycles. The first-order valence-electron chi connectivity index (χ1n) is 13.7. The Morgan fingerprint density at radius 1 is 0.971 bits per heavy atom. The summed E-state index contributed by atoms with van der Waals surface area (Å²) in [5.74, 6) is 3.37. The van der Waals surface area contributed by atoms with Gasteiger partial charge in [-0.2, -0.15) is 0 Å². The largest absolute Gasteiger partial charge is 0.469 e. The Hall–Kier alpha value is -0.770. The molecule has 5 rings (SSSR count). The van der Waals surface area contributed by atoms with Crippen molar-refractivity contribution in [2.75, 3.05) is 20.3 Å². The molecular weight excluding hydrogens is 452 g/mol. The van der Waals surface area contributed by atoms with Gasteiger partial charge in [0.25, 0.3) is 0 Å². The van der Waals surface area contributed by atoms with E-state index in [4.69, 9.17) is 14.2 Å². The highest BCUT2D eigenvalue weighted by atomic mass is 16.7. The topological polar surface area (TPSA) is 126 Å². The Kier molecular flexibility index (Phi) is 7.03. The summed E-state index contributed by atoms with van der Waals surface area (Å²) in [6.45, 7) is 4.59. The van der Waals surface area contributed by atoms with Gasteiger partial charge in [0.15, 0.2) is 6.29 Å². The number of ether oxygens (including phenoxy) is 3. The van der Waals surface area contributed by atoms with Crippen LogP contribution in [-0.4, -0.2) is 77.4 Å². The summed E-state index contributed by atoms with van der Waals surface area (Å²) in [6, 6.07) is 0. The molecule has 0 spiro atoms. The lowest BCUT2D eigenvalue weighted by Gasteiger charge is -2.65. The molecule has 8 nitrogen and oxygen atoms in total. The molecule has 4 saturated carbocycles. The van der Waals surface area contributed by atoms with Crippen molar-refractivity contribution in [3.63, 3.8) is 0 Å². The lowest BCUT2D eigenvalue weighted by Crippen LogP contribution is -2.61. The summed E-state index contributed by atoms with van der Waals surface area (Å²) in [5, 5.41) is 39.7. The van der Waals surface area contributed by atoms with Crippen LogP contribution in [0.2, 0.25) is 0 Å². The molecule has 0 aromatic heterocycles. The maximum absolute atomic E-state index is 12.8. The van der Waals surface area contributed by atoms with Crippen molar-refractivity contribution in [3.8, 4) is 0 Å². The molecule has 0 aromatic carbocycles. The van der Waals surface area contributed by atoms with Crippen molar-refractivity contribution in [2.24, 2.45) is 46.3 Å². The third kappa shape index (κ3) is 3.98.